The Hall–Kier alpha value is -0.900. The van der Waals surface area contributed by atoms with E-state index >= 15 is 0 Å². The Labute approximate surface area is 114 Å². The van der Waals surface area contributed by atoms with Gasteiger partial charge in [0, 0.05) is 17.8 Å². The lowest BCUT2D eigenvalue weighted by molar-refractivity contribution is 0.752. The molecule has 1 heterocycles. The van der Waals surface area contributed by atoms with Crippen LogP contribution >= 0.6 is 11.8 Å². The first-order valence-electron chi connectivity index (χ1n) is 6.91. The van der Waals surface area contributed by atoms with E-state index in [2.05, 4.69) is 53.4 Å². The van der Waals surface area contributed by atoms with Gasteiger partial charge in [-0.1, -0.05) is 13.0 Å². The Morgan fingerprint density at radius 1 is 1.28 bits per heavy atom. The quantitative estimate of drug-likeness (QED) is 0.824. The number of hydrogen-bond donors (Lipinski definition) is 2. The number of nitrogens with one attached hydrogen (secondary N) is 2. The minimum atomic E-state index is 0.596. The summed E-state index contributed by atoms with van der Waals surface area (Å²) in [6, 6.07) is 6.72. The molecule has 18 heavy (non-hydrogen) atoms. The van der Waals surface area contributed by atoms with Crippen LogP contribution in [0.5, 0.6) is 0 Å². The van der Waals surface area contributed by atoms with Crippen molar-refractivity contribution in [3.8, 4) is 0 Å². The van der Waals surface area contributed by atoms with E-state index in [1.807, 2.05) is 6.07 Å². The highest BCUT2D eigenvalue weighted by molar-refractivity contribution is 7.99. The van der Waals surface area contributed by atoms with Crippen LogP contribution < -0.4 is 10.6 Å². The summed E-state index contributed by atoms with van der Waals surface area (Å²) in [4.78, 5) is 4.57. The second-order valence-electron chi connectivity index (χ2n) is 4.67. The van der Waals surface area contributed by atoms with Crippen molar-refractivity contribution in [3.05, 3.63) is 18.2 Å². The molecule has 0 spiro atoms. The van der Waals surface area contributed by atoms with Crippen molar-refractivity contribution in [2.45, 2.75) is 44.4 Å². The molecule has 2 atom stereocenters. The van der Waals surface area contributed by atoms with E-state index in [0.29, 0.717) is 6.04 Å². The van der Waals surface area contributed by atoms with E-state index in [1.165, 1.54) is 25.0 Å². The van der Waals surface area contributed by atoms with Gasteiger partial charge in [0.05, 0.1) is 0 Å². The molecule has 1 fully saturated rings. The molecular formula is C14H23N3S. The molecule has 3 nitrogen and oxygen atoms in total. The van der Waals surface area contributed by atoms with Gasteiger partial charge in [0.15, 0.2) is 0 Å². The van der Waals surface area contributed by atoms with Crippen LogP contribution in [0.4, 0.5) is 11.6 Å². The van der Waals surface area contributed by atoms with Crippen LogP contribution in [0, 0.1) is 0 Å². The molecule has 0 saturated heterocycles. The Morgan fingerprint density at radius 3 is 2.89 bits per heavy atom. The molecule has 1 aliphatic carbocycles. The Balaban J connectivity index is 1.88. The highest BCUT2D eigenvalue weighted by atomic mass is 32.2. The zero-order chi connectivity index (χ0) is 12.8. The number of rotatable bonds is 6. The zero-order valence-corrected chi connectivity index (χ0v) is 12.1. The molecule has 0 radical (unpaired) electrons. The van der Waals surface area contributed by atoms with Gasteiger partial charge in [0.2, 0.25) is 0 Å². The smallest absolute Gasteiger partial charge is 0.128 e. The molecule has 0 aromatic carbocycles. The first-order chi connectivity index (χ1) is 8.81. The first-order valence-corrected chi connectivity index (χ1v) is 7.95. The minimum absolute atomic E-state index is 0.596. The lowest BCUT2D eigenvalue weighted by Crippen LogP contribution is -2.17. The first kappa shape index (κ1) is 13.5. The molecule has 1 aliphatic rings. The average molecular weight is 265 g/mol. The summed E-state index contributed by atoms with van der Waals surface area (Å²) < 4.78 is 0. The third kappa shape index (κ3) is 3.80. The standard InChI is InChI=1S/C14H23N3S/c1-3-15-13-6-5-7-14(17-13)16-11-8-9-12(10-11)18-4-2/h5-7,11-12H,3-4,8-10H2,1-2H3,(H2,15,16,17). The molecule has 0 aliphatic heterocycles. The van der Waals surface area contributed by atoms with Crippen LogP contribution in [0.15, 0.2) is 18.2 Å². The minimum Gasteiger partial charge on any atom is -0.370 e. The van der Waals surface area contributed by atoms with Crippen LogP contribution in [-0.2, 0) is 0 Å². The normalized spacial score (nSPS) is 23.0. The summed E-state index contributed by atoms with van der Waals surface area (Å²) in [7, 11) is 0. The predicted octanol–water partition coefficient (Wildman–Crippen LogP) is 3.60. The van der Waals surface area contributed by atoms with Crippen molar-refractivity contribution in [3.63, 3.8) is 0 Å². The van der Waals surface area contributed by atoms with Crippen molar-refractivity contribution in [1.29, 1.82) is 0 Å². The van der Waals surface area contributed by atoms with Crippen molar-refractivity contribution in [2.24, 2.45) is 0 Å². The lowest BCUT2D eigenvalue weighted by atomic mass is 10.2. The summed E-state index contributed by atoms with van der Waals surface area (Å²) >= 11 is 2.09. The topological polar surface area (TPSA) is 37.0 Å². The molecule has 4 heteroatoms. The van der Waals surface area contributed by atoms with Gasteiger partial charge in [0.1, 0.15) is 11.6 Å². The monoisotopic (exact) mass is 265 g/mol. The van der Waals surface area contributed by atoms with Gasteiger partial charge >= 0.3 is 0 Å². The van der Waals surface area contributed by atoms with E-state index in [1.54, 1.807) is 0 Å². The van der Waals surface area contributed by atoms with Crippen LogP contribution in [0.2, 0.25) is 0 Å². The summed E-state index contributed by atoms with van der Waals surface area (Å²) in [5.41, 5.74) is 0. The van der Waals surface area contributed by atoms with Crippen molar-refractivity contribution in [2.75, 3.05) is 22.9 Å². The Morgan fingerprint density at radius 2 is 2.11 bits per heavy atom. The highest BCUT2D eigenvalue weighted by Gasteiger charge is 2.24. The van der Waals surface area contributed by atoms with Crippen molar-refractivity contribution < 1.29 is 0 Å². The summed E-state index contributed by atoms with van der Waals surface area (Å²) in [6.45, 7) is 5.24. The summed E-state index contributed by atoms with van der Waals surface area (Å²) in [6.07, 6.45) is 3.87. The fraction of sp³-hybridized carbons (Fsp3) is 0.643. The van der Waals surface area contributed by atoms with E-state index in [4.69, 9.17) is 0 Å². The number of anilines is 2. The van der Waals surface area contributed by atoms with Gasteiger partial charge < -0.3 is 10.6 Å². The fourth-order valence-corrected chi connectivity index (χ4v) is 3.60. The molecule has 2 rings (SSSR count). The average Bonchev–Trinajstić information content (AvgIpc) is 2.78. The fourth-order valence-electron chi connectivity index (χ4n) is 2.46. The number of aromatic nitrogens is 1. The molecule has 100 valence electrons. The Bertz CT molecular complexity index is 370. The van der Waals surface area contributed by atoms with Crippen LogP contribution in [0.1, 0.15) is 33.1 Å². The van der Waals surface area contributed by atoms with Crippen molar-refractivity contribution >= 4 is 23.4 Å². The van der Waals surface area contributed by atoms with Gasteiger partial charge in [0.25, 0.3) is 0 Å². The second kappa shape index (κ2) is 6.88. The SMILES string of the molecule is CCNc1cccc(NC2CCC(SCC)C2)n1. The molecule has 2 unspecified atom stereocenters. The molecule has 0 bridgehead atoms. The molecule has 0 amide bonds. The molecule has 1 aromatic rings. The van der Waals surface area contributed by atoms with Gasteiger partial charge in [-0.05, 0) is 44.1 Å². The largest absolute Gasteiger partial charge is 0.370 e. The number of hydrogen-bond acceptors (Lipinski definition) is 4. The van der Waals surface area contributed by atoms with Crippen LogP contribution in [0.25, 0.3) is 0 Å². The number of nitrogens with zero attached hydrogens (tertiary/aromatic N) is 1. The summed E-state index contributed by atoms with van der Waals surface area (Å²) in [5, 5.41) is 7.65. The van der Waals surface area contributed by atoms with E-state index in [9.17, 15) is 0 Å². The predicted molar refractivity (Wildman–Crippen MR) is 81.6 cm³/mol. The molecular weight excluding hydrogens is 242 g/mol. The maximum Gasteiger partial charge on any atom is 0.128 e. The third-order valence-electron chi connectivity index (χ3n) is 3.25. The highest BCUT2D eigenvalue weighted by Crippen LogP contribution is 2.31. The van der Waals surface area contributed by atoms with Gasteiger partial charge in [-0.2, -0.15) is 11.8 Å². The van der Waals surface area contributed by atoms with E-state index < -0.39 is 0 Å². The Kier molecular flexibility index (Phi) is 5.17. The van der Waals surface area contributed by atoms with Gasteiger partial charge in [-0.25, -0.2) is 4.98 Å². The zero-order valence-electron chi connectivity index (χ0n) is 11.3. The van der Waals surface area contributed by atoms with Gasteiger partial charge in [-0.3, -0.25) is 0 Å². The second-order valence-corrected chi connectivity index (χ2v) is 6.25. The van der Waals surface area contributed by atoms with Gasteiger partial charge in [-0.15, -0.1) is 0 Å². The lowest BCUT2D eigenvalue weighted by Gasteiger charge is -2.14. The third-order valence-corrected chi connectivity index (χ3v) is 4.48. The maximum absolute atomic E-state index is 4.57. The number of pyridine rings is 1. The molecule has 1 saturated carbocycles. The maximum atomic E-state index is 4.57. The van der Waals surface area contributed by atoms with Crippen molar-refractivity contribution in [1.82, 2.24) is 4.98 Å². The van der Waals surface area contributed by atoms with E-state index in [-0.39, 0.29) is 0 Å². The number of thioether (sulfide) groups is 1. The van der Waals surface area contributed by atoms with Crippen LogP contribution in [-0.4, -0.2) is 28.6 Å². The van der Waals surface area contributed by atoms with Crippen LogP contribution in [0.3, 0.4) is 0 Å². The molecule has 2 N–H and O–H groups in total. The summed E-state index contributed by atoms with van der Waals surface area (Å²) in [5.74, 6) is 3.19. The van der Waals surface area contributed by atoms with E-state index in [0.717, 1.165) is 23.4 Å². The molecule has 1 aromatic heterocycles.